The largest absolute Gasteiger partial charge is 0.365 e. The summed E-state index contributed by atoms with van der Waals surface area (Å²) in [5.74, 6) is -1.01. The Hall–Kier alpha value is -2.63. The molecule has 1 aromatic heterocycles. The number of nitrogens with two attached hydrogens (primary N) is 1. The molecule has 1 aromatic carbocycles. The number of anilines is 2. The number of amides is 1. The molecule has 0 unspecified atom stereocenters. The highest BCUT2D eigenvalue weighted by Gasteiger charge is 2.14. The normalized spacial score (nSPS) is 10.3. The Morgan fingerprint density at radius 3 is 2.60 bits per heavy atom. The van der Waals surface area contributed by atoms with Gasteiger partial charge < -0.3 is 11.1 Å². The maximum atomic E-state index is 13.8. The number of carbonyl (C=O) groups is 1. The van der Waals surface area contributed by atoms with Gasteiger partial charge in [0.15, 0.2) is 0 Å². The number of pyridine rings is 1. The van der Waals surface area contributed by atoms with Crippen molar-refractivity contribution < 1.29 is 9.18 Å². The second kappa shape index (κ2) is 5.16. The lowest BCUT2D eigenvalue weighted by atomic mass is 10.2. The summed E-state index contributed by atoms with van der Waals surface area (Å²) in [6, 6.07) is 7.16. The van der Waals surface area contributed by atoms with E-state index in [9.17, 15) is 14.0 Å². The van der Waals surface area contributed by atoms with Gasteiger partial charge >= 0.3 is 0 Å². The molecule has 2 rings (SSSR count). The Balaban J connectivity index is 2.55. The molecule has 0 atom stereocenters. The Bertz CT molecular complexity index is 738. The fourth-order valence-electron chi connectivity index (χ4n) is 1.84. The highest BCUT2D eigenvalue weighted by molar-refractivity contribution is 5.98. The van der Waals surface area contributed by atoms with Gasteiger partial charge in [-0.3, -0.25) is 14.2 Å². The maximum Gasteiger partial charge on any atom is 0.252 e. The molecular formula is C14H14FN3O2. The van der Waals surface area contributed by atoms with Crippen LogP contribution in [0.25, 0.3) is 0 Å². The summed E-state index contributed by atoms with van der Waals surface area (Å²) in [4.78, 5) is 23.0. The third-order valence-electron chi connectivity index (χ3n) is 2.96. The van der Waals surface area contributed by atoms with Crippen molar-refractivity contribution in [3.8, 4) is 0 Å². The predicted molar refractivity (Wildman–Crippen MR) is 74.6 cm³/mol. The van der Waals surface area contributed by atoms with Gasteiger partial charge in [0, 0.05) is 13.1 Å². The molecule has 6 heteroatoms. The molecular weight excluding hydrogens is 261 g/mol. The fraction of sp³-hybridized carbons (Fsp3) is 0.143. The van der Waals surface area contributed by atoms with Crippen LogP contribution in [0, 0.1) is 12.7 Å². The lowest BCUT2D eigenvalue weighted by Gasteiger charge is -2.14. The summed E-state index contributed by atoms with van der Waals surface area (Å²) in [5, 5.41) is 2.75. The van der Waals surface area contributed by atoms with Crippen molar-refractivity contribution in [2.24, 2.45) is 12.8 Å². The summed E-state index contributed by atoms with van der Waals surface area (Å²) in [5.41, 5.74) is 5.98. The minimum absolute atomic E-state index is 0.118. The van der Waals surface area contributed by atoms with Crippen LogP contribution in [0.1, 0.15) is 15.9 Å². The number of rotatable bonds is 3. The minimum Gasteiger partial charge on any atom is -0.365 e. The van der Waals surface area contributed by atoms with E-state index in [-0.39, 0.29) is 22.6 Å². The zero-order chi connectivity index (χ0) is 14.9. The maximum absolute atomic E-state index is 13.8. The Morgan fingerprint density at radius 1 is 1.30 bits per heavy atom. The number of halogens is 1. The Morgan fingerprint density at radius 2 is 2.00 bits per heavy atom. The van der Waals surface area contributed by atoms with Gasteiger partial charge in [0.2, 0.25) is 0 Å². The minimum atomic E-state index is -0.699. The van der Waals surface area contributed by atoms with Crippen molar-refractivity contribution in [3.05, 3.63) is 57.6 Å². The first-order valence-corrected chi connectivity index (χ1v) is 5.93. The number of nitrogens with one attached hydrogen (secondary N) is 1. The average Bonchev–Trinajstić information content (AvgIpc) is 2.37. The van der Waals surface area contributed by atoms with E-state index >= 15 is 0 Å². The number of carbonyl (C=O) groups excluding carboxylic acids is 1. The molecule has 2 aromatic rings. The fourth-order valence-corrected chi connectivity index (χ4v) is 1.84. The third-order valence-corrected chi connectivity index (χ3v) is 2.96. The van der Waals surface area contributed by atoms with Crippen LogP contribution in [-0.2, 0) is 7.05 Å². The van der Waals surface area contributed by atoms with Gasteiger partial charge in [-0.25, -0.2) is 4.39 Å². The number of aryl methyl sites for hydroxylation is 1. The van der Waals surface area contributed by atoms with Crippen molar-refractivity contribution in [2.75, 3.05) is 5.32 Å². The molecule has 0 aliphatic rings. The van der Waals surface area contributed by atoms with E-state index in [1.807, 2.05) is 0 Å². The van der Waals surface area contributed by atoms with Crippen molar-refractivity contribution in [3.63, 3.8) is 0 Å². The molecule has 0 saturated carbocycles. The van der Waals surface area contributed by atoms with Crippen molar-refractivity contribution in [1.82, 2.24) is 4.57 Å². The summed E-state index contributed by atoms with van der Waals surface area (Å²) >= 11 is 0. The lowest BCUT2D eigenvalue weighted by Crippen LogP contribution is -2.24. The second-order valence-corrected chi connectivity index (χ2v) is 4.47. The van der Waals surface area contributed by atoms with Crippen LogP contribution < -0.4 is 16.6 Å². The van der Waals surface area contributed by atoms with E-state index < -0.39 is 11.7 Å². The van der Waals surface area contributed by atoms with Crippen LogP contribution in [-0.4, -0.2) is 10.5 Å². The molecule has 0 spiro atoms. The first-order valence-electron chi connectivity index (χ1n) is 5.93. The molecule has 20 heavy (non-hydrogen) atoms. The molecule has 3 N–H and O–H groups in total. The molecule has 0 saturated heterocycles. The standard InChI is InChI=1S/C14H14FN3O2/c1-8-3-5-11(10(15)7-8)17-14-9(13(16)20)4-6-12(19)18(14)2/h3-7,17H,1-2H3,(H2,16,20). The summed E-state index contributed by atoms with van der Waals surface area (Å²) in [6.07, 6.45) is 0. The second-order valence-electron chi connectivity index (χ2n) is 4.47. The molecule has 1 heterocycles. The predicted octanol–water partition coefficient (Wildman–Crippen LogP) is 1.68. The number of aromatic nitrogens is 1. The summed E-state index contributed by atoms with van der Waals surface area (Å²) in [7, 11) is 1.48. The smallest absolute Gasteiger partial charge is 0.252 e. The van der Waals surface area contributed by atoms with Gasteiger partial charge in [0.25, 0.3) is 11.5 Å². The van der Waals surface area contributed by atoms with Crippen LogP contribution in [0.3, 0.4) is 0 Å². The average molecular weight is 275 g/mol. The number of nitrogens with zero attached hydrogens (tertiary/aromatic N) is 1. The van der Waals surface area contributed by atoms with Crippen LogP contribution in [0.5, 0.6) is 0 Å². The number of primary amides is 1. The van der Waals surface area contributed by atoms with Crippen molar-refractivity contribution in [2.45, 2.75) is 6.92 Å². The van der Waals surface area contributed by atoms with E-state index in [1.54, 1.807) is 13.0 Å². The van der Waals surface area contributed by atoms with E-state index in [1.165, 1.54) is 35.9 Å². The van der Waals surface area contributed by atoms with Gasteiger partial charge in [-0.15, -0.1) is 0 Å². The first kappa shape index (κ1) is 13.8. The van der Waals surface area contributed by atoms with E-state index in [0.29, 0.717) is 0 Å². The molecule has 0 aliphatic carbocycles. The monoisotopic (exact) mass is 275 g/mol. The van der Waals surface area contributed by atoms with Crippen molar-refractivity contribution in [1.29, 1.82) is 0 Å². The zero-order valence-corrected chi connectivity index (χ0v) is 11.1. The van der Waals surface area contributed by atoms with E-state index in [4.69, 9.17) is 5.73 Å². The van der Waals surface area contributed by atoms with Gasteiger partial charge in [0.05, 0.1) is 11.3 Å². The SMILES string of the molecule is Cc1ccc(Nc2c(C(N)=O)ccc(=O)n2C)c(F)c1. The van der Waals surface area contributed by atoms with Gasteiger partial charge in [-0.1, -0.05) is 6.07 Å². The lowest BCUT2D eigenvalue weighted by molar-refractivity contribution is 0.100. The Labute approximate surface area is 114 Å². The highest BCUT2D eigenvalue weighted by Crippen LogP contribution is 2.22. The molecule has 0 bridgehead atoms. The van der Waals surface area contributed by atoms with Crippen LogP contribution in [0.2, 0.25) is 0 Å². The number of hydrogen-bond acceptors (Lipinski definition) is 3. The summed E-state index contributed by atoms with van der Waals surface area (Å²) < 4.78 is 15.0. The molecule has 0 aliphatic heterocycles. The quantitative estimate of drug-likeness (QED) is 0.894. The third kappa shape index (κ3) is 2.54. The topological polar surface area (TPSA) is 77.1 Å². The van der Waals surface area contributed by atoms with Crippen LogP contribution in [0.15, 0.2) is 35.1 Å². The first-order chi connectivity index (χ1) is 9.40. The molecule has 5 nitrogen and oxygen atoms in total. The van der Waals surface area contributed by atoms with E-state index in [0.717, 1.165) is 5.56 Å². The number of hydrogen-bond donors (Lipinski definition) is 2. The molecule has 0 fully saturated rings. The van der Waals surface area contributed by atoms with Gasteiger partial charge in [-0.2, -0.15) is 0 Å². The Kier molecular flexibility index (Phi) is 3.56. The van der Waals surface area contributed by atoms with E-state index in [2.05, 4.69) is 5.32 Å². The molecule has 104 valence electrons. The zero-order valence-electron chi connectivity index (χ0n) is 11.1. The molecule has 0 radical (unpaired) electrons. The number of benzene rings is 1. The molecule has 1 amide bonds. The van der Waals surface area contributed by atoms with Crippen molar-refractivity contribution >= 4 is 17.4 Å². The van der Waals surface area contributed by atoms with Gasteiger partial charge in [-0.05, 0) is 30.7 Å². The van der Waals surface area contributed by atoms with Crippen LogP contribution in [0.4, 0.5) is 15.9 Å². The summed E-state index contributed by atoms with van der Waals surface area (Å²) in [6.45, 7) is 1.76. The van der Waals surface area contributed by atoms with Gasteiger partial charge in [0.1, 0.15) is 11.6 Å². The highest BCUT2D eigenvalue weighted by atomic mass is 19.1. The van der Waals surface area contributed by atoms with Crippen LogP contribution >= 0.6 is 0 Å².